The second-order valence-electron chi connectivity index (χ2n) is 4.28. The van der Waals surface area contributed by atoms with Gasteiger partial charge in [0, 0.05) is 5.69 Å². The third-order valence-corrected chi connectivity index (χ3v) is 3.72. The van der Waals surface area contributed by atoms with Gasteiger partial charge in [-0.05, 0) is 48.7 Å². The molecule has 3 nitrogen and oxygen atoms in total. The van der Waals surface area contributed by atoms with Crippen molar-refractivity contribution in [3.63, 3.8) is 0 Å². The minimum absolute atomic E-state index is 0. The molecule has 0 bridgehead atoms. The van der Waals surface area contributed by atoms with E-state index >= 15 is 0 Å². The van der Waals surface area contributed by atoms with Crippen LogP contribution in [0.25, 0.3) is 0 Å². The third-order valence-electron chi connectivity index (χ3n) is 2.83. The first kappa shape index (κ1) is 20.3. The molecule has 1 heterocycles. The van der Waals surface area contributed by atoms with Crippen molar-refractivity contribution in [3.05, 3.63) is 52.2 Å². The van der Waals surface area contributed by atoms with Crippen LogP contribution in [0.3, 0.4) is 0 Å². The number of thiophene rings is 1. The maximum atomic E-state index is 7.96. The first-order chi connectivity index (χ1) is 9.29. The van der Waals surface area contributed by atoms with Crippen LogP contribution in [0.4, 0.5) is 5.69 Å². The monoisotopic (exact) mass is 433 g/mol. The molecule has 116 valence electrons. The molecule has 0 atom stereocenters. The van der Waals surface area contributed by atoms with Gasteiger partial charge < -0.3 is 10.6 Å². The number of rotatable bonds is 6. The molecule has 0 amide bonds. The largest absolute Gasteiger partial charge is 0.340 e. The third kappa shape index (κ3) is 6.74. The number of hydrogen-bond donors (Lipinski definition) is 3. The highest BCUT2D eigenvalue weighted by Gasteiger charge is 2.02. The van der Waals surface area contributed by atoms with Gasteiger partial charge in [-0.15, -0.1) is 45.3 Å². The van der Waals surface area contributed by atoms with Crippen LogP contribution in [-0.2, 0) is 6.42 Å². The zero-order valence-corrected chi connectivity index (χ0v) is 16.1. The number of halogens is 2. The van der Waals surface area contributed by atoms with Crippen molar-refractivity contribution in [1.29, 1.82) is 5.41 Å². The van der Waals surface area contributed by atoms with Gasteiger partial charge in [0.05, 0.1) is 4.88 Å². The standard InChI is InChI=1S/C15H19N3S.2BrH/c1-2-17-10-9-12-5-7-13(8-6-12)18-15(16)14-4-3-11-19-14;;/h3-8,11,17H,2,9-10H2,1H3,(H2,16,18);2*1H. The van der Waals surface area contributed by atoms with E-state index in [1.807, 2.05) is 29.6 Å². The molecular formula is C15H21Br2N3S. The number of hydrogen-bond acceptors (Lipinski definition) is 3. The quantitative estimate of drug-likeness (QED) is 0.356. The van der Waals surface area contributed by atoms with Gasteiger partial charge >= 0.3 is 0 Å². The summed E-state index contributed by atoms with van der Waals surface area (Å²) < 4.78 is 0. The molecule has 21 heavy (non-hydrogen) atoms. The zero-order chi connectivity index (χ0) is 13.5. The summed E-state index contributed by atoms with van der Waals surface area (Å²) in [6, 6.07) is 12.2. The number of anilines is 1. The highest BCUT2D eigenvalue weighted by atomic mass is 79.9. The Hall–Kier alpha value is -0.690. The smallest absolute Gasteiger partial charge is 0.140 e. The van der Waals surface area contributed by atoms with Crippen molar-refractivity contribution in [1.82, 2.24) is 5.32 Å². The Morgan fingerprint density at radius 1 is 1.14 bits per heavy atom. The Morgan fingerprint density at radius 2 is 1.86 bits per heavy atom. The van der Waals surface area contributed by atoms with E-state index < -0.39 is 0 Å². The molecule has 1 aromatic heterocycles. The summed E-state index contributed by atoms with van der Waals surface area (Å²) in [5.41, 5.74) is 2.28. The van der Waals surface area contributed by atoms with Crippen LogP contribution in [-0.4, -0.2) is 18.9 Å². The molecule has 0 fully saturated rings. The Bertz CT molecular complexity index is 512. The van der Waals surface area contributed by atoms with Gasteiger partial charge in [-0.2, -0.15) is 0 Å². The number of nitrogens with one attached hydrogen (secondary N) is 3. The molecule has 0 saturated carbocycles. The van der Waals surface area contributed by atoms with Crippen molar-refractivity contribution in [3.8, 4) is 0 Å². The molecule has 6 heteroatoms. The molecule has 0 saturated heterocycles. The molecule has 0 aliphatic carbocycles. The minimum atomic E-state index is 0. The van der Waals surface area contributed by atoms with Crippen molar-refractivity contribution in [2.24, 2.45) is 0 Å². The fraction of sp³-hybridized carbons (Fsp3) is 0.267. The van der Waals surface area contributed by atoms with Gasteiger partial charge in [-0.1, -0.05) is 25.1 Å². The molecule has 0 aliphatic rings. The lowest BCUT2D eigenvalue weighted by atomic mass is 10.1. The van der Waals surface area contributed by atoms with Crippen molar-refractivity contribution in [2.45, 2.75) is 13.3 Å². The van der Waals surface area contributed by atoms with Gasteiger partial charge in [0.25, 0.3) is 0 Å². The molecule has 3 N–H and O–H groups in total. The second-order valence-corrected chi connectivity index (χ2v) is 5.23. The molecule has 0 aliphatic heterocycles. The Morgan fingerprint density at radius 3 is 2.43 bits per heavy atom. The van der Waals surface area contributed by atoms with Crippen LogP contribution in [0, 0.1) is 5.41 Å². The Balaban J connectivity index is 0.00000200. The minimum Gasteiger partial charge on any atom is -0.340 e. The second kappa shape index (κ2) is 11.0. The van der Waals surface area contributed by atoms with E-state index in [1.165, 1.54) is 5.56 Å². The molecule has 2 rings (SSSR count). The van der Waals surface area contributed by atoms with E-state index in [0.717, 1.165) is 30.1 Å². The van der Waals surface area contributed by atoms with E-state index in [1.54, 1.807) is 11.3 Å². The first-order valence-electron chi connectivity index (χ1n) is 6.48. The summed E-state index contributed by atoms with van der Waals surface area (Å²) in [5.74, 6) is 0.454. The molecule has 0 radical (unpaired) electrons. The molecule has 0 spiro atoms. The van der Waals surface area contributed by atoms with Crippen LogP contribution in [0.1, 0.15) is 17.4 Å². The predicted octanol–water partition coefficient (Wildman–Crippen LogP) is 4.49. The normalized spacial score (nSPS) is 9.38. The number of likely N-dealkylation sites (N-methyl/N-ethyl adjacent to an activating group) is 1. The van der Waals surface area contributed by atoms with Crippen LogP contribution in [0.15, 0.2) is 41.8 Å². The predicted molar refractivity (Wildman–Crippen MR) is 104 cm³/mol. The highest BCUT2D eigenvalue weighted by Crippen LogP contribution is 2.14. The topological polar surface area (TPSA) is 47.9 Å². The van der Waals surface area contributed by atoms with E-state index in [-0.39, 0.29) is 34.0 Å². The lowest BCUT2D eigenvalue weighted by Gasteiger charge is -2.07. The molecule has 2 aromatic rings. The lowest BCUT2D eigenvalue weighted by molar-refractivity contribution is 0.717. The summed E-state index contributed by atoms with van der Waals surface area (Å²) in [4.78, 5) is 0.955. The summed E-state index contributed by atoms with van der Waals surface area (Å²) in [6.45, 7) is 4.13. The van der Waals surface area contributed by atoms with Gasteiger partial charge in [-0.3, -0.25) is 5.41 Å². The Labute approximate surface area is 151 Å². The summed E-state index contributed by atoms with van der Waals surface area (Å²) in [6.07, 6.45) is 1.04. The van der Waals surface area contributed by atoms with Crippen LogP contribution in [0.2, 0.25) is 0 Å². The maximum absolute atomic E-state index is 7.96. The SMILES string of the molecule is Br.Br.CCNCCc1ccc(NC(=N)c2cccs2)cc1. The van der Waals surface area contributed by atoms with E-state index in [4.69, 9.17) is 5.41 Å². The Kier molecular flexibility index (Phi) is 10.6. The van der Waals surface area contributed by atoms with Gasteiger partial charge in [0.2, 0.25) is 0 Å². The van der Waals surface area contributed by atoms with Crippen LogP contribution >= 0.6 is 45.3 Å². The van der Waals surface area contributed by atoms with Gasteiger partial charge in [-0.25, -0.2) is 0 Å². The molecule has 1 aromatic carbocycles. The summed E-state index contributed by atoms with van der Waals surface area (Å²) >= 11 is 1.57. The van der Waals surface area contributed by atoms with Crippen molar-refractivity contribution >= 4 is 56.8 Å². The van der Waals surface area contributed by atoms with Crippen LogP contribution < -0.4 is 10.6 Å². The molecular weight excluding hydrogens is 414 g/mol. The molecule has 0 unspecified atom stereocenters. The fourth-order valence-corrected chi connectivity index (χ4v) is 2.42. The van der Waals surface area contributed by atoms with Gasteiger partial charge in [0.1, 0.15) is 5.84 Å². The number of amidine groups is 1. The van der Waals surface area contributed by atoms with E-state index in [9.17, 15) is 0 Å². The van der Waals surface area contributed by atoms with Crippen molar-refractivity contribution < 1.29 is 0 Å². The highest BCUT2D eigenvalue weighted by molar-refractivity contribution is 8.93. The lowest BCUT2D eigenvalue weighted by Crippen LogP contribution is -2.16. The average Bonchev–Trinajstić information content (AvgIpc) is 2.95. The summed E-state index contributed by atoms with van der Waals surface area (Å²) in [5, 5.41) is 16.4. The first-order valence-corrected chi connectivity index (χ1v) is 7.36. The average molecular weight is 435 g/mol. The number of benzene rings is 1. The maximum Gasteiger partial charge on any atom is 0.140 e. The van der Waals surface area contributed by atoms with Crippen LogP contribution in [0.5, 0.6) is 0 Å². The van der Waals surface area contributed by atoms with E-state index in [2.05, 4.69) is 29.7 Å². The zero-order valence-electron chi connectivity index (χ0n) is 11.9. The van der Waals surface area contributed by atoms with Gasteiger partial charge in [0.15, 0.2) is 0 Å². The fourth-order valence-electron chi connectivity index (χ4n) is 1.79. The van der Waals surface area contributed by atoms with Crippen molar-refractivity contribution in [2.75, 3.05) is 18.4 Å². The van der Waals surface area contributed by atoms with E-state index in [0.29, 0.717) is 5.84 Å². The summed E-state index contributed by atoms with van der Waals surface area (Å²) in [7, 11) is 0.